The average molecular weight is 263 g/mol. The van der Waals surface area contributed by atoms with Gasteiger partial charge in [-0.3, -0.25) is 4.79 Å². The van der Waals surface area contributed by atoms with E-state index in [9.17, 15) is 9.90 Å². The van der Waals surface area contributed by atoms with Gasteiger partial charge in [0.1, 0.15) is 0 Å². The summed E-state index contributed by atoms with van der Waals surface area (Å²) in [7, 11) is 0. The van der Waals surface area contributed by atoms with E-state index in [0.29, 0.717) is 6.54 Å². The molecular weight excluding hydrogens is 238 g/mol. The molecule has 3 nitrogen and oxygen atoms in total. The van der Waals surface area contributed by atoms with Crippen LogP contribution in [0.1, 0.15) is 42.5 Å². The van der Waals surface area contributed by atoms with Crippen molar-refractivity contribution in [3.63, 3.8) is 0 Å². The molecule has 1 amide bonds. The van der Waals surface area contributed by atoms with Gasteiger partial charge in [-0.25, -0.2) is 0 Å². The summed E-state index contributed by atoms with van der Waals surface area (Å²) in [6.07, 6.45) is -0.401. The monoisotopic (exact) mass is 263 g/mol. The zero-order chi connectivity index (χ0) is 14.6. The molecule has 0 bridgehead atoms. The molecule has 0 aliphatic carbocycles. The Balaban J connectivity index is 2.60. The number of amides is 1. The fourth-order valence-electron chi connectivity index (χ4n) is 2.17. The molecule has 1 atom stereocenters. The third-order valence-corrected chi connectivity index (χ3v) is 3.47. The number of nitrogens with one attached hydrogen (secondary N) is 1. The smallest absolute Gasteiger partial charge is 0.222 e. The third kappa shape index (κ3) is 4.67. The van der Waals surface area contributed by atoms with Crippen LogP contribution in [0.4, 0.5) is 0 Å². The van der Waals surface area contributed by atoms with E-state index in [4.69, 9.17) is 0 Å². The average Bonchev–Trinajstić information content (AvgIpc) is 2.27. The minimum absolute atomic E-state index is 0.0967. The lowest BCUT2D eigenvalue weighted by Crippen LogP contribution is -2.29. The second-order valence-corrected chi connectivity index (χ2v) is 5.67. The number of rotatable bonds is 5. The Morgan fingerprint density at radius 1 is 1.21 bits per heavy atom. The topological polar surface area (TPSA) is 49.3 Å². The van der Waals surface area contributed by atoms with Gasteiger partial charge in [-0.1, -0.05) is 31.5 Å². The minimum Gasteiger partial charge on any atom is -0.392 e. The summed E-state index contributed by atoms with van der Waals surface area (Å²) in [6.45, 7) is 10.5. The zero-order valence-electron chi connectivity index (χ0n) is 12.6. The van der Waals surface area contributed by atoms with Crippen molar-refractivity contribution in [1.29, 1.82) is 0 Å². The van der Waals surface area contributed by atoms with Crippen molar-refractivity contribution in [3.8, 4) is 0 Å². The fraction of sp³-hybridized carbons (Fsp3) is 0.562. The van der Waals surface area contributed by atoms with E-state index in [1.54, 1.807) is 0 Å². The lowest BCUT2D eigenvalue weighted by molar-refractivity contribution is -0.123. The lowest BCUT2D eigenvalue weighted by atomic mass is 9.99. The molecule has 1 aromatic carbocycles. The highest BCUT2D eigenvalue weighted by Crippen LogP contribution is 2.16. The number of hydrogen-bond donors (Lipinski definition) is 2. The van der Waals surface area contributed by atoms with Crippen molar-refractivity contribution in [1.82, 2.24) is 5.32 Å². The summed E-state index contributed by atoms with van der Waals surface area (Å²) in [5.41, 5.74) is 4.79. The number of carbonyl (C=O) groups is 1. The van der Waals surface area contributed by atoms with Gasteiger partial charge in [0.05, 0.1) is 12.5 Å². The fourth-order valence-corrected chi connectivity index (χ4v) is 2.17. The van der Waals surface area contributed by atoms with Crippen LogP contribution < -0.4 is 5.32 Å². The first-order valence-electron chi connectivity index (χ1n) is 6.82. The summed E-state index contributed by atoms with van der Waals surface area (Å²) >= 11 is 0. The van der Waals surface area contributed by atoms with E-state index in [0.717, 1.165) is 5.56 Å². The second kappa shape index (κ2) is 6.71. The molecule has 0 fully saturated rings. The SMILES string of the molecule is Cc1cc(C)c(CNC(=O)CC(O)C(C)C)c(C)c1. The van der Waals surface area contributed by atoms with Gasteiger partial charge >= 0.3 is 0 Å². The first-order valence-corrected chi connectivity index (χ1v) is 6.82. The summed E-state index contributed by atoms with van der Waals surface area (Å²) < 4.78 is 0. The first-order chi connectivity index (χ1) is 8.81. The Hall–Kier alpha value is -1.35. The molecule has 0 spiro atoms. The highest BCUT2D eigenvalue weighted by atomic mass is 16.3. The molecular formula is C16H25NO2. The molecule has 2 N–H and O–H groups in total. The summed E-state index contributed by atoms with van der Waals surface area (Å²) in [4.78, 5) is 11.7. The second-order valence-electron chi connectivity index (χ2n) is 5.67. The van der Waals surface area contributed by atoms with Crippen LogP contribution in [0.15, 0.2) is 12.1 Å². The lowest BCUT2D eigenvalue weighted by Gasteiger charge is -2.15. The van der Waals surface area contributed by atoms with E-state index in [1.165, 1.54) is 16.7 Å². The number of aliphatic hydroxyl groups is 1. The molecule has 0 saturated carbocycles. The number of aliphatic hydroxyl groups excluding tert-OH is 1. The molecule has 0 saturated heterocycles. The Bertz CT molecular complexity index is 429. The van der Waals surface area contributed by atoms with Crippen LogP contribution in [0.25, 0.3) is 0 Å². The van der Waals surface area contributed by atoms with Gasteiger partial charge in [0.25, 0.3) is 0 Å². The van der Waals surface area contributed by atoms with Gasteiger partial charge in [-0.15, -0.1) is 0 Å². The van der Waals surface area contributed by atoms with Crippen LogP contribution >= 0.6 is 0 Å². The van der Waals surface area contributed by atoms with Crippen molar-refractivity contribution < 1.29 is 9.90 Å². The Labute approximate surface area is 116 Å². The largest absolute Gasteiger partial charge is 0.392 e. The standard InChI is InChI=1S/C16H25NO2/c1-10(2)15(18)8-16(19)17-9-14-12(4)6-11(3)7-13(14)5/h6-7,10,15,18H,8-9H2,1-5H3,(H,17,19). The summed E-state index contributed by atoms with van der Waals surface area (Å²) in [5, 5.41) is 12.6. The van der Waals surface area contributed by atoms with Gasteiger partial charge in [-0.05, 0) is 43.4 Å². The van der Waals surface area contributed by atoms with Gasteiger partial charge < -0.3 is 10.4 Å². The number of benzene rings is 1. The summed E-state index contributed by atoms with van der Waals surface area (Å²) in [6, 6.07) is 4.24. The Morgan fingerprint density at radius 3 is 2.21 bits per heavy atom. The van der Waals surface area contributed by atoms with Crippen molar-refractivity contribution in [2.75, 3.05) is 0 Å². The van der Waals surface area contributed by atoms with Crippen LogP contribution in [0.5, 0.6) is 0 Å². The Kier molecular flexibility index (Phi) is 5.55. The summed E-state index contributed by atoms with van der Waals surface area (Å²) in [5.74, 6) is 0.00849. The highest BCUT2D eigenvalue weighted by Gasteiger charge is 2.14. The first kappa shape index (κ1) is 15.7. The Morgan fingerprint density at radius 2 is 1.74 bits per heavy atom. The van der Waals surface area contributed by atoms with Gasteiger partial charge in [0.15, 0.2) is 0 Å². The van der Waals surface area contributed by atoms with Crippen molar-refractivity contribution in [2.24, 2.45) is 5.92 Å². The quantitative estimate of drug-likeness (QED) is 0.858. The highest BCUT2D eigenvalue weighted by molar-refractivity contribution is 5.76. The molecule has 1 rings (SSSR count). The zero-order valence-corrected chi connectivity index (χ0v) is 12.6. The van der Waals surface area contributed by atoms with E-state index in [-0.39, 0.29) is 18.2 Å². The molecule has 0 heterocycles. The van der Waals surface area contributed by atoms with Crippen LogP contribution in [-0.2, 0) is 11.3 Å². The van der Waals surface area contributed by atoms with E-state index in [1.807, 2.05) is 13.8 Å². The molecule has 19 heavy (non-hydrogen) atoms. The van der Waals surface area contributed by atoms with E-state index >= 15 is 0 Å². The molecule has 3 heteroatoms. The maximum atomic E-state index is 11.7. The van der Waals surface area contributed by atoms with Crippen molar-refractivity contribution >= 4 is 5.91 Å². The predicted molar refractivity (Wildman–Crippen MR) is 78.0 cm³/mol. The molecule has 0 radical (unpaired) electrons. The van der Waals surface area contributed by atoms with Gasteiger partial charge in [0.2, 0.25) is 5.91 Å². The van der Waals surface area contributed by atoms with Gasteiger partial charge in [0, 0.05) is 6.54 Å². The molecule has 1 aromatic rings. The number of aryl methyl sites for hydroxylation is 3. The van der Waals surface area contributed by atoms with Crippen LogP contribution in [-0.4, -0.2) is 17.1 Å². The maximum absolute atomic E-state index is 11.7. The number of carbonyl (C=O) groups excluding carboxylic acids is 1. The van der Waals surface area contributed by atoms with Crippen LogP contribution in [0, 0.1) is 26.7 Å². The normalized spacial score (nSPS) is 12.6. The molecule has 0 aliphatic heterocycles. The molecule has 0 aromatic heterocycles. The third-order valence-electron chi connectivity index (χ3n) is 3.47. The predicted octanol–water partition coefficient (Wildman–Crippen LogP) is 2.64. The minimum atomic E-state index is -0.569. The van der Waals surface area contributed by atoms with E-state index in [2.05, 4.69) is 38.2 Å². The van der Waals surface area contributed by atoms with E-state index < -0.39 is 6.10 Å². The van der Waals surface area contributed by atoms with Gasteiger partial charge in [-0.2, -0.15) is 0 Å². The van der Waals surface area contributed by atoms with Crippen LogP contribution in [0.3, 0.4) is 0 Å². The number of hydrogen-bond acceptors (Lipinski definition) is 2. The molecule has 1 unspecified atom stereocenters. The van der Waals surface area contributed by atoms with Crippen molar-refractivity contribution in [2.45, 2.75) is 53.7 Å². The molecule has 106 valence electrons. The van der Waals surface area contributed by atoms with Crippen LogP contribution in [0.2, 0.25) is 0 Å². The van der Waals surface area contributed by atoms with Crippen molar-refractivity contribution in [3.05, 3.63) is 34.4 Å². The maximum Gasteiger partial charge on any atom is 0.222 e. The molecule has 0 aliphatic rings.